The first kappa shape index (κ1) is 15.3. The van der Waals surface area contributed by atoms with Crippen LogP contribution in [-0.2, 0) is 0 Å². The minimum atomic E-state index is 0.331. The molecule has 0 spiro atoms. The van der Waals surface area contributed by atoms with Crippen LogP contribution in [0.2, 0.25) is 0 Å². The van der Waals surface area contributed by atoms with Crippen LogP contribution in [0, 0.1) is 4.91 Å². The fourth-order valence-corrected chi connectivity index (χ4v) is 1.81. The summed E-state index contributed by atoms with van der Waals surface area (Å²) < 4.78 is 0. The van der Waals surface area contributed by atoms with E-state index in [4.69, 9.17) is 0 Å². The molecule has 0 radical (unpaired) electrons. The van der Waals surface area contributed by atoms with Gasteiger partial charge in [0.05, 0.1) is 6.54 Å². The lowest BCUT2D eigenvalue weighted by molar-refractivity contribution is 0.566. The van der Waals surface area contributed by atoms with Gasteiger partial charge in [0.25, 0.3) is 0 Å². The second-order valence-corrected chi connectivity index (χ2v) is 4.40. The van der Waals surface area contributed by atoms with E-state index in [1.807, 2.05) is 6.08 Å². The van der Waals surface area contributed by atoms with Gasteiger partial charge in [0.2, 0.25) is 0 Å². The Kier molecular flexibility index (Phi) is 13.7. The zero-order chi connectivity index (χ0) is 11.9. The van der Waals surface area contributed by atoms with Crippen LogP contribution in [0.3, 0.4) is 0 Å². The molecule has 0 saturated heterocycles. The van der Waals surface area contributed by atoms with Crippen molar-refractivity contribution in [3.8, 4) is 0 Å². The Bertz CT molecular complexity index is 166. The molecule has 2 heteroatoms. The molecule has 0 aliphatic heterocycles. The first-order valence-electron chi connectivity index (χ1n) is 6.86. The molecule has 2 nitrogen and oxygen atoms in total. The number of hydrogen-bond acceptors (Lipinski definition) is 2. The van der Waals surface area contributed by atoms with E-state index >= 15 is 0 Å². The van der Waals surface area contributed by atoms with E-state index in [0.717, 1.165) is 6.42 Å². The van der Waals surface area contributed by atoms with Crippen LogP contribution in [0.15, 0.2) is 17.3 Å². The molecular formula is C14H27NO. The van der Waals surface area contributed by atoms with Crippen LogP contribution < -0.4 is 0 Å². The quantitative estimate of drug-likeness (QED) is 0.254. The predicted molar refractivity (Wildman–Crippen MR) is 71.6 cm³/mol. The van der Waals surface area contributed by atoms with Crippen LogP contribution in [0.25, 0.3) is 0 Å². The Hall–Kier alpha value is -0.660. The largest absolute Gasteiger partial charge is 0.150 e. The van der Waals surface area contributed by atoms with Crippen molar-refractivity contribution in [1.82, 2.24) is 0 Å². The highest BCUT2D eigenvalue weighted by molar-refractivity contribution is 4.83. The maximum atomic E-state index is 9.79. The lowest BCUT2D eigenvalue weighted by Gasteiger charge is -2.00. The summed E-state index contributed by atoms with van der Waals surface area (Å²) in [5.74, 6) is 0. The zero-order valence-corrected chi connectivity index (χ0v) is 10.8. The lowest BCUT2D eigenvalue weighted by Crippen LogP contribution is -1.80. The van der Waals surface area contributed by atoms with E-state index in [1.165, 1.54) is 57.8 Å². The van der Waals surface area contributed by atoms with Gasteiger partial charge in [-0.25, -0.2) is 0 Å². The summed E-state index contributed by atoms with van der Waals surface area (Å²) in [6.45, 7) is 2.59. The Morgan fingerprint density at radius 2 is 1.38 bits per heavy atom. The van der Waals surface area contributed by atoms with Crippen molar-refractivity contribution in [2.24, 2.45) is 5.18 Å². The number of allylic oxidation sites excluding steroid dienone is 1. The molecule has 0 amide bonds. The van der Waals surface area contributed by atoms with Crippen LogP contribution in [0.5, 0.6) is 0 Å². The maximum Gasteiger partial charge on any atom is 0.0992 e. The molecule has 0 fully saturated rings. The molecule has 0 saturated carbocycles. The molecule has 94 valence electrons. The van der Waals surface area contributed by atoms with Gasteiger partial charge in [0.15, 0.2) is 0 Å². The minimum absolute atomic E-state index is 0.331. The summed E-state index contributed by atoms with van der Waals surface area (Å²) in [7, 11) is 0. The highest BCUT2D eigenvalue weighted by Gasteiger charge is 1.90. The van der Waals surface area contributed by atoms with Crippen molar-refractivity contribution in [2.45, 2.75) is 71.1 Å². The topological polar surface area (TPSA) is 29.4 Å². The lowest BCUT2D eigenvalue weighted by atomic mass is 10.1. The number of unbranched alkanes of at least 4 members (excludes halogenated alkanes) is 9. The van der Waals surface area contributed by atoms with E-state index in [2.05, 4.69) is 18.2 Å². The molecule has 0 N–H and O–H groups in total. The second kappa shape index (κ2) is 14.3. The van der Waals surface area contributed by atoms with Crippen LogP contribution >= 0.6 is 0 Å². The predicted octanol–water partition coefficient (Wildman–Crippen LogP) is 5.23. The van der Waals surface area contributed by atoms with E-state index in [9.17, 15) is 4.91 Å². The normalized spacial score (nSPS) is 11.1. The molecule has 0 aromatic carbocycles. The van der Waals surface area contributed by atoms with Crippen LogP contribution in [0.1, 0.15) is 71.1 Å². The average Bonchev–Trinajstić information content (AvgIpc) is 2.31. The van der Waals surface area contributed by atoms with Crippen molar-refractivity contribution < 1.29 is 0 Å². The summed E-state index contributed by atoms with van der Waals surface area (Å²) in [5, 5.41) is 2.78. The molecule has 0 atom stereocenters. The maximum absolute atomic E-state index is 9.79. The van der Waals surface area contributed by atoms with E-state index in [-0.39, 0.29) is 0 Å². The van der Waals surface area contributed by atoms with Gasteiger partial charge in [0, 0.05) is 0 Å². The number of rotatable bonds is 12. The molecule has 16 heavy (non-hydrogen) atoms. The molecule has 0 unspecified atom stereocenters. The van der Waals surface area contributed by atoms with Gasteiger partial charge in [0.1, 0.15) is 0 Å². The first-order chi connectivity index (χ1) is 7.91. The van der Waals surface area contributed by atoms with Crippen molar-refractivity contribution in [3.63, 3.8) is 0 Å². The summed E-state index contributed by atoms with van der Waals surface area (Å²) in [5.41, 5.74) is 0. The summed E-state index contributed by atoms with van der Waals surface area (Å²) in [6.07, 6.45) is 17.3. The van der Waals surface area contributed by atoms with E-state index < -0.39 is 0 Å². The molecule has 0 aliphatic rings. The Morgan fingerprint density at radius 1 is 0.812 bits per heavy atom. The standard InChI is InChI=1S/C14H27NO/c1-2-3-4-5-6-7-8-9-10-11-12-13-14-15-16/h12-13H,2-11,14H2,1H3. The smallest absolute Gasteiger partial charge is 0.0992 e. The van der Waals surface area contributed by atoms with Crippen molar-refractivity contribution in [3.05, 3.63) is 17.1 Å². The SMILES string of the molecule is CCCCCCCCCCCC=CCN=O. The summed E-state index contributed by atoms with van der Waals surface area (Å²) >= 11 is 0. The van der Waals surface area contributed by atoms with Gasteiger partial charge in [-0.3, -0.25) is 0 Å². The molecule has 0 heterocycles. The van der Waals surface area contributed by atoms with Crippen molar-refractivity contribution in [1.29, 1.82) is 0 Å². The summed E-state index contributed by atoms with van der Waals surface area (Å²) in [6, 6.07) is 0. The number of nitroso groups, excluding NO2 is 1. The highest BCUT2D eigenvalue weighted by Crippen LogP contribution is 2.10. The molecule has 0 aromatic heterocycles. The van der Waals surface area contributed by atoms with E-state index in [0.29, 0.717) is 6.54 Å². The third-order valence-electron chi connectivity index (χ3n) is 2.82. The minimum Gasteiger partial charge on any atom is -0.150 e. The van der Waals surface area contributed by atoms with Gasteiger partial charge in [-0.1, -0.05) is 75.6 Å². The molecule has 0 bridgehead atoms. The van der Waals surface area contributed by atoms with Crippen LogP contribution in [-0.4, -0.2) is 6.54 Å². The molecule has 0 aliphatic carbocycles. The third kappa shape index (κ3) is 13.3. The van der Waals surface area contributed by atoms with Crippen molar-refractivity contribution in [2.75, 3.05) is 6.54 Å². The molecule has 0 aromatic rings. The third-order valence-corrected chi connectivity index (χ3v) is 2.82. The molecular weight excluding hydrogens is 198 g/mol. The van der Waals surface area contributed by atoms with Crippen molar-refractivity contribution >= 4 is 0 Å². The van der Waals surface area contributed by atoms with Gasteiger partial charge >= 0.3 is 0 Å². The Morgan fingerprint density at radius 3 is 1.94 bits per heavy atom. The molecule has 0 rings (SSSR count). The number of nitrogens with zero attached hydrogens (tertiary/aromatic N) is 1. The Labute approximate surface area is 100 Å². The van der Waals surface area contributed by atoms with Gasteiger partial charge in [-0.2, -0.15) is 4.91 Å². The average molecular weight is 225 g/mol. The van der Waals surface area contributed by atoms with Crippen LogP contribution in [0.4, 0.5) is 0 Å². The first-order valence-corrected chi connectivity index (χ1v) is 6.86. The van der Waals surface area contributed by atoms with Gasteiger partial charge in [-0.15, -0.1) is 0 Å². The Balaban J connectivity index is 2.95. The van der Waals surface area contributed by atoms with Gasteiger partial charge < -0.3 is 0 Å². The fraction of sp³-hybridized carbons (Fsp3) is 0.857. The highest BCUT2D eigenvalue weighted by atomic mass is 16.3. The second-order valence-electron chi connectivity index (χ2n) is 4.40. The zero-order valence-electron chi connectivity index (χ0n) is 10.8. The number of hydrogen-bond donors (Lipinski definition) is 0. The fourth-order valence-electron chi connectivity index (χ4n) is 1.81. The summed E-state index contributed by atoms with van der Waals surface area (Å²) in [4.78, 5) is 9.79. The van der Waals surface area contributed by atoms with E-state index in [1.54, 1.807) is 0 Å². The van der Waals surface area contributed by atoms with Gasteiger partial charge in [-0.05, 0) is 12.8 Å². The monoisotopic (exact) mass is 225 g/mol.